The van der Waals surface area contributed by atoms with Crippen LogP contribution in [0.1, 0.15) is 53.6 Å². The van der Waals surface area contributed by atoms with Gasteiger partial charge in [0.2, 0.25) is 5.76 Å². The summed E-state index contributed by atoms with van der Waals surface area (Å²) in [7, 11) is 1.55. The number of carbonyl (C=O) groups excluding carboxylic acids is 1. The van der Waals surface area contributed by atoms with Gasteiger partial charge in [0.25, 0.3) is 5.91 Å². The number of fused-ring (bicyclic) bond motifs is 2. The van der Waals surface area contributed by atoms with Crippen molar-refractivity contribution in [3.8, 4) is 11.5 Å². The third-order valence-corrected chi connectivity index (χ3v) is 5.98. The monoisotopic (exact) mass is 477 g/mol. The van der Waals surface area contributed by atoms with Crippen molar-refractivity contribution < 1.29 is 23.4 Å². The molecule has 1 aliphatic rings. The minimum absolute atomic E-state index is 0.0899. The summed E-state index contributed by atoms with van der Waals surface area (Å²) in [5.41, 5.74) is 2.24. The lowest BCUT2D eigenvalue weighted by molar-refractivity contribution is 0.0593. The summed E-state index contributed by atoms with van der Waals surface area (Å²) in [6.45, 7) is 10.8. The average molecular weight is 478 g/mol. The summed E-state index contributed by atoms with van der Waals surface area (Å²) in [6.07, 6.45) is 2.37. The summed E-state index contributed by atoms with van der Waals surface area (Å²) in [5, 5.41) is 0.462. The number of rotatable bonds is 10. The molecule has 35 heavy (non-hydrogen) atoms. The van der Waals surface area contributed by atoms with Crippen molar-refractivity contribution in [3.63, 3.8) is 0 Å². The molecular formula is C28H31NO6. The number of hydrogen-bond donors (Lipinski definition) is 0. The lowest BCUT2D eigenvalue weighted by Gasteiger charge is -2.26. The second kappa shape index (κ2) is 10.4. The molecule has 7 nitrogen and oxygen atoms in total. The van der Waals surface area contributed by atoms with Gasteiger partial charge in [-0.05, 0) is 57.0 Å². The Balaban J connectivity index is 1.82. The molecule has 1 atom stereocenters. The van der Waals surface area contributed by atoms with Crippen molar-refractivity contribution in [3.05, 3.63) is 81.7 Å². The zero-order valence-electron chi connectivity index (χ0n) is 20.6. The van der Waals surface area contributed by atoms with Crippen molar-refractivity contribution in [2.75, 3.05) is 26.9 Å². The van der Waals surface area contributed by atoms with E-state index in [1.165, 1.54) is 0 Å². The second-order valence-corrected chi connectivity index (χ2v) is 8.86. The van der Waals surface area contributed by atoms with Crippen LogP contribution in [0, 0.1) is 6.92 Å². The number of hydrogen-bond acceptors (Lipinski definition) is 6. The maximum Gasteiger partial charge on any atom is 0.290 e. The van der Waals surface area contributed by atoms with Crippen LogP contribution in [0.15, 0.2) is 58.3 Å². The largest absolute Gasteiger partial charge is 0.493 e. The van der Waals surface area contributed by atoms with Crippen molar-refractivity contribution in [1.82, 2.24) is 4.90 Å². The number of ether oxygens (including phenoxy) is 3. The third-order valence-electron chi connectivity index (χ3n) is 5.98. The first kappa shape index (κ1) is 24.5. The molecule has 0 saturated carbocycles. The number of benzene rings is 2. The van der Waals surface area contributed by atoms with E-state index < -0.39 is 6.04 Å². The zero-order chi connectivity index (χ0) is 25.1. The summed E-state index contributed by atoms with van der Waals surface area (Å²) in [5.74, 6) is 0.847. The van der Waals surface area contributed by atoms with Crippen LogP contribution in [0.4, 0.5) is 0 Å². The van der Waals surface area contributed by atoms with E-state index in [2.05, 4.69) is 6.58 Å². The Hall–Kier alpha value is -3.58. The van der Waals surface area contributed by atoms with Gasteiger partial charge in [0.1, 0.15) is 12.2 Å². The lowest BCUT2D eigenvalue weighted by atomic mass is 9.97. The van der Waals surface area contributed by atoms with Crippen LogP contribution in [0.5, 0.6) is 11.5 Å². The Morgan fingerprint density at radius 1 is 1.14 bits per heavy atom. The molecule has 1 amide bonds. The highest BCUT2D eigenvalue weighted by atomic mass is 16.5. The number of carbonyl (C=O) groups is 1. The van der Waals surface area contributed by atoms with Gasteiger partial charge in [-0.15, -0.1) is 0 Å². The van der Waals surface area contributed by atoms with E-state index >= 15 is 0 Å². The fourth-order valence-electron chi connectivity index (χ4n) is 4.39. The molecule has 4 rings (SSSR count). The summed E-state index contributed by atoms with van der Waals surface area (Å²) < 4.78 is 22.9. The molecule has 0 bridgehead atoms. The normalized spacial score (nSPS) is 15.1. The Labute approximate surface area is 204 Å². The van der Waals surface area contributed by atoms with E-state index in [1.807, 2.05) is 39.0 Å². The smallest absolute Gasteiger partial charge is 0.290 e. The van der Waals surface area contributed by atoms with Crippen molar-refractivity contribution in [2.24, 2.45) is 0 Å². The number of nitrogens with zero attached hydrogens (tertiary/aromatic N) is 1. The van der Waals surface area contributed by atoms with Gasteiger partial charge in [-0.3, -0.25) is 9.59 Å². The molecule has 1 unspecified atom stereocenters. The number of methoxy groups -OCH3 is 1. The first-order chi connectivity index (χ1) is 16.8. The van der Waals surface area contributed by atoms with Crippen LogP contribution in [0.3, 0.4) is 0 Å². The summed E-state index contributed by atoms with van der Waals surface area (Å²) in [6, 6.07) is 10.2. The lowest BCUT2D eigenvalue weighted by Crippen LogP contribution is -2.31. The van der Waals surface area contributed by atoms with Gasteiger partial charge in [-0.25, -0.2) is 0 Å². The predicted molar refractivity (Wildman–Crippen MR) is 134 cm³/mol. The second-order valence-electron chi connectivity index (χ2n) is 8.86. The molecule has 0 saturated heterocycles. The highest BCUT2D eigenvalue weighted by molar-refractivity contribution is 5.99. The van der Waals surface area contributed by atoms with E-state index in [0.29, 0.717) is 54.2 Å². The van der Waals surface area contributed by atoms with Crippen LogP contribution in [-0.2, 0) is 4.74 Å². The van der Waals surface area contributed by atoms with Gasteiger partial charge in [0.05, 0.1) is 30.2 Å². The molecule has 1 aliphatic heterocycles. The minimum atomic E-state index is -0.611. The first-order valence-corrected chi connectivity index (χ1v) is 11.8. The van der Waals surface area contributed by atoms with E-state index in [-0.39, 0.29) is 23.2 Å². The highest BCUT2D eigenvalue weighted by Crippen LogP contribution is 2.41. The Morgan fingerprint density at radius 2 is 1.94 bits per heavy atom. The van der Waals surface area contributed by atoms with Crippen molar-refractivity contribution in [1.29, 1.82) is 0 Å². The fourth-order valence-corrected chi connectivity index (χ4v) is 4.39. The predicted octanol–water partition coefficient (Wildman–Crippen LogP) is 5.04. The van der Waals surface area contributed by atoms with E-state index in [1.54, 1.807) is 36.3 Å². The summed E-state index contributed by atoms with van der Waals surface area (Å²) in [4.78, 5) is 28.9. The number of amides is 1. The fraction of sp³-hybridized carbons (Fsp3) is 0.357. The minimum Gasteiger partial charge on any atom is -0.493 e. The van der Waals surface area contributed by atoms with E-state index in [0.717, 1.165) is 11.1 Å². The molecular weight excluding hydrogens is 446 g/mol. The zero-order valence-corrected chi connectivity index (χ0v) is 20.6. The number of aryl methyl sites for hydroxylation is 1. The first-order valence-electron chi connectivity index (χ1n) is 11.8. The van der Waals surface area contributed by atoms with Gasteiger partial charge < -0.3 is 23.5 Å². The van der Waals surface area contributed by atoms with Gasteiger partial charge in [0.15, 0.2) is 16.9 Å². The Kier molecular flexibility index (Phi) is 7.26. The van der Waals surface area contributed by atoms with Crippen molar-refractivity contribution in [2.45, 2.75) is 39.3 Å². The standard InChI is InChI=1S/C28H31NO6/c1-6-13-34-22-11-9-19(16-23(22)32-5)25-24-26(30)20-15-18(4)8-10-21(20)35-27(24)28(31)29(25)12-7-14-33-17(2)3/h6,8-11,15-17,25H,1,7,12-14H2,2-5H3. The maximum absolute atomic E-state index is 13.7. The van der Waals surface area contributed by atoms with E-state index in [9.17, 15) is 9.59 Å². The third kappa shape index (κ3) is 4.82. The van der Waals surface area contributed by atoms with Crippen LogP contribution in [0.25, 0.3) is 11.0 Å². The van der Waals surface area contributed by atoms with Crippen LogP contribution in [0.2, 0.25) is 0 Å². The van der Waals surface area contributed by atoms with Crippen LogP contribution >= 0.6 is 0 Å². The van der Waals surface area contributed by atoms with Crippen LogP contribution < -0.4 is 14.9 Å². The van der Waals surface area contributed by atoms with Gasteiger partial charge in [-0.1, -0.05) is 30.4 Å². The molecule has 2 aromatic carbocycles. The molecule has 1 aromatic heterocycles. The molecule has 0 aliphatic carbocycles. The molecule has 0 spiro atoms. The molecule has 3 aromatic rings. The molecule has 0 radical (unpaired) electrons. The van der Waals surface area contributed by atoms with Gasteiger partial charge in [-0.2, -0.15) is 0 Å². The molecule has 0 N–H and O–H groups in total. The molecule has 0 fully saturated rings. The quantitative estimate of drug-likeness (QED) is 0.301. The Morgan fingerprint density at radius 3 is 2.66 bits per heavy atom. The molecule has 7 heteroatoms. The van der Waals surface area contributed by atoms with E-state index in [4.69, 9.17) is 18.6 Å². The maximum atomic E-state index is 13.7. The van der Waals surface area contributed by atoms with Crippen molar-refractivity contribution >= 4 is 16.9 Å². The SMILES string of the molecule is C=CCOc1ccc(C2c3c(oc4ccc(C)cc4c3=O)C(=O)N2CCCOC(C)C)cc1OC. The van der Waals surface area contributed by atoms with Crippen LogP contribution in [-0.4, -0.2) is 43.8 Å². The molecule has 2 heterocycles. The average Bonchev–Trinajstić information content (AvgIpc) is 3.12. The van der Waals surface area contributed by atoms with Gasteiger partial charge in [0, 0.05) is 13.2 Å². The Bertz CT molecular complexity index is 1310. The summed E-state index contributed by atoms with van der Waals surface area (Å²) >= 11 is 0. The molecule has 184 valence electrons. The highest BCUT2D eigenvalue weighted by Gasteiger charge is 2.42. The topological polar surface area (TPSA) is 78.2 Å². The van der Waals surface area contributed by atoms with Gasteiger partial charge >= 0.3 is 0 Å².